The van der Waals surface area contributed by atoms with Crippen molar-refractivity contribution in [2.45, 2.75) is 31.2 Å². The van der Waals surface area contributed by atoms with Crippen LogP contribution in [0.4, 0.5) is 11.4 Å². The molecule has 0 bridgehead atoms. The number of amides is 1. The van der Waals surface area contributed by atoms with E-state index in [2.05, 4.69) is 95.9 Å². The molecule has 1 saturated heterocycles. The van der Waals surface area contributed by atoms with Gasteiger partial charge in [0.2, 0.25) is 0 Å². The molecule has 0 spiro atoms. The number of carboxylic acids is 1. The van der Waals surface area contributed by atoms with Gasteiger partial charge in [0.05, 0.1) is 4.91 Å². The molecule has 5 nitrogen and oxygen atoms in total. The van der Waals surface area contributed by atoms with Gasteiger partial charge in [-0.15, -0.1) is 0 Å². The maximum absolute atomic E-state index is 12.8. The van der Waals surface area contributed by atoms with Gasteiger partial charge in [-0.05, 0) is 82.6 Å². The Hall–Kier alpha value is -4.46. The Labute approximate surface area is 266 Å². The summed E-state index contributed by atoms with van der Waals surface area (Å²) in [6.45, 7) is -0.417. The van der Waals surface area contributed by atoms with Crippen LogP contribution in [-0.4, -0.2) is 38.8 Å². The van der Waals surface area contributed by atoms with Crippen molar-refractivity contribution in [1.82, 2.24) is 4.90 Å². The molecule has 3 aliphatic rings. The number of rotatable bonds is 7. The fraction of sp³-hybridized carbons (Fsp3) is 0.162. The molecule has 4 aromatic carbocycles. The largest absolute Gasteiger partial charge is 0.480 e. The second-order valence-corrected chi connectivity index (χ2v) is 13.0. The molecule has 2 aliphatic heterocycles. The summed E-state index contributed by atoms with van der Waals surface area (Å²) in [6, 6.07) is 36.7. The number of thiocarbonyl (C=S) groups is 1. The maximum Gasteiger partial charge on any atom is 0.323 e. The number of thioether (sulfide) groups is 1. The smallest absolute Gasteiger partial charge is 0.323 e. The van der Waals surface area contributed by atoms with Crippen LogP contribution in [0.1, 0.15) is 53.0 Å². The molecule has 0 radical (unpaired) electrons. The Morgan fingerprint density at radius 3 is 2.20 bits per heavy atom. The van der Waals surface area contributed by atoms with Crippen LogP contribution in [0.5, 0.6) is 0 Å². The average molecular weight is 615 g/mol. The molecular formula is C37H30N2O3S2. The Morgan fingerprint density at radius 1 is 0.886 bits per heavy atom. The third-order valence-corrected chi connectivity index (χ3v) is 10.0. The summed E-state index contributed by atoms with van der Waals surface area (Å²) < 4.78 is 0.282. The van der Waals surface area contributed by atoms with E-state index in [1.807, 2.05) is 24.3 Å². The summed E-state index contributed by atoms with van der Waals surface area (Å²) >= 11 is 6.44. The summed E-state index contributed by atoms with van der Waals surface area (Å²) in [7, 11) is 0. The Kier molecular flexibility index (Phi) is 7.66. The molecule has 1 N–H and O–H groups in total. The van der Waals surface area contributed by atoms with E-state index in [1.54, 1.807) is 0 Å². The molecule has 2 heterocycles. The van der Waals surface area contributed by atoms with Crippen LogP contribution in [0.2, 0.25) is 0 Å². The number of carbonyl (C=O) groups is 2. The first-order valence-electron chi connectivity index (χ1n) is 14.8. The number of anilines is 2. The zero-order valence-electron chi connectivity index (χ0n) is 23.9. The number of nitrogens with zero attached hydrogens (tertiary/aromatic N) is 2. The second kappa shape index (κ2) is 11.9. The summed E-state index contributed by atoms with van der Waals surface area (Å²) in [5, 5.41) is 9.16. The lowest BCUT2D eigenvalue weighted by molar-refractivity contribution is -0.140. The van der Waals surface area contributed by atoms with Gasteiger partial charge in [-0.2, -0.15) is 0 Å². The van der Waals surface area contributed by atoms with E-state index >= 15 is 0 Å². The van der Waals surface area contributed by atoms with Gasteiger partial charge in [0.1, 0.15) is 10.9 Å². The molecule has 44 heavy (non-hydrogen) atoms. The van der Waals surface area contributed by atoms with Crippen molar-refractivity contribution in [2.24, 2.45) is 0 Å². The van der Waals surface area contributed by atoms with E-state index < -0.39 is 12.5 Å². The van der Waals surface area contributed by atoms with Crippen LogP contribution in [0.3, 0.4) is 0 Å². The van der Waals surface area contributed by atoms with E-state index in [-0.39, 0.29) is 10.2 Å². The molecule has 4 aromatic rings. The fourth-order valence-electron chi connectivity index (χ4n) is 6.69. The molecule has 1 amide bonds. The van der Waals surface area contributed by atoms with Crippen molar-refractivity contribution in [3.63, 3.8) is 0 Å². The first-order chi connectivity index (χ1) is 21.5. The number of hydrogen-bond acceptors (Lipinski definition) is 5. The molecule has 1 aliphatic carbocycles. The summed E-state index contributed by atoms with van der Waals surface area (Å²) in [6.07, 6.45) is 7.55. The molecule has 218 valence electrons. The number of carbonyl (C=O) groups excluding carboxylic acids is 1. The highest BCUT2D eigenvalue weighted by atomic mass is 32.2. The third kappa shape index (κ3) is 5.38. The van der Waals surface area contributed by atoms with Crippen molar-refractivity contribution in [1.29, 1.82) is 0 Å². The molecule has 7 heteroatoms. The van der Waals surface area contributed by atoms with E-state index in [9.17, 15) is 9.59 Å². The quantitative estimate of drug-likeness (QED) is 0.128. The Bertz CT molecular complexity index is 1780. The van der Waals surface area contributed by atoms with Crippen molar-refractivity contribution >= 4 is 69.3 Å². The zero-order valence-corrected chi connectivity index (χ0v) is 25.6. The van der Waals surface area contributed by atoms with Gasteiger partial charge >= 0.3 is 5.97 Å². The number of fused-ring (bicyclic) bond motifs is 3. The number of aliphatic carboxylic acids is 1. The van der Waals surface area contributed by atoms with E-state index in [0.717, 1.165) is 40.6 Å². The van der Waals surface area contributed by atoms with Gasteiger partial charge in [-0.25, -0.2) is 0 Å². The topological polar surface area (TPSA) is 60.9 Å². The van der Waals surface area contributed by atoms with Crippen molar-refractivity contribution in [2.75, 3.05) is 11.4 Å². The van der Waals surface area contributed by atoms with Gasteiger partial charge in [-0.3, -0.25) is 14.5 Å². The van der Waals surface area contributed by atoms with E-state index in [4.69, 9.17) is 17.3 Å². The maximum atomic E-state index is 12.8. The summed E-state index contributed by atoms with van der Waals surface area (Å²) in [5.74, 6) is -0.994. The zero-order chi connectivity index (χ0) is 30.2. The number of hydrogen-bond donors (Lipinski definition) is 1. The minimum Gasteiger partial charge on any atom is -0.480 e. The molecule has 0 unspecified atom stereocenters. The highest BCUT2D eigenvalue weighted by Gasteiger charge is 2.42. The lowest BCUT2D eigenvalue weighted by atomic mass is 9.95. The molecule has 0 aromatic heterocycles. The second-order valence-electron chi connectivity index (χ2n) is 11.3. The molecule has 2 atom stereocenters. The molecule has 2 fully saturated rings. The van der Waals surface area contributed by atoms with Crippen molar-refractivity contribution in [3.05, 3.63) is 136 Å². The summed E-state index contributed by atoms with van der Waals surface area (Å²) in [5.41, 5.74) is 9.34. The Morgan fingerprint density at radius 2 is 1.55 bits per heavy atom. The van der Waals surface area contributed by atoms with Gasteiger partial charge in [0.25, 0.3) is 5.91 Å². The molecule has 7 rings (SSSR count). The monoisotopic (exact) mass is 614 g/mol. The van der Waals surface area contributed by atoms with Crippen LogP contribution in [0.15, 0.2) is 108 Å². The first kappa shape index (κ1) is 28.3. The van der Waals surface area contributed by atoms with Gasteiger partial charge in [-0.1, -0.05) is 109 Å². The van der Waals surface area contributed by atoms with Crippen LogP contribution < -0.4 is 4.90 Å². The van der Waals surface area contributed by atoms with E-state index in [1.165, 1.54) is 40.1 Å². The SMILES string of the molecule is O=C(O)CN1C(=O)/C(=C\c2ccc3c(c2)[C@@H]2CCC[C@@H]2N3c2ccc(C=C(c3ccccc3)c3ccccc3)cc2)SC1=S. The van der Waals surface area contributed by atoms with Crippen LogP contribution in [-0.2, 0) is 9.59 Å². The average Bonchev–Trinajstić information content (AvgIpc) is 3.71. The number of carboxylic acid groups (broad SMARTS) is 1. The highest BCUT2D eigenvalue weighted by Crippen LogP contribution is 2.52. The third-order valence-electron chi connectivity index (χ3n) is 8.64. The predicted molar refractivity (Wildman–Crippen MR) is 183 cm³/mol. The lowest BCUT2D eigenvalue weighted by Gasteiger charge is -2.27. The minimum absolute atomic E-state index is 0.282. The van der Waals surface area contributed by atoms with Crippen LogP contribution in [0, 0.1) is 0 Å². The standard InChI is InChI=1S/C37H30N2O3S2/c40-35(41)23-38-36(42)34(44-37(38)43)22-25-16-19-33-31(21-25)29-12-7-13-32(29)39(33)28-17-14-24(15-18-28)20-30(26-8-3-1-4-9-26)27-10-5-2-6-11-27/h1-6,8-11,14-22,29,32H,7,12-13,23H2,(H,40,41)/b34-22+/t29-,32-/m0/s1. The number of benzene rings is 4. The minimum atomic E-state index is -1.08. The Balaban J connectivity index is 1.19. The first-order valence-corrected chi connectivity index (χ1v) is 16.0. The fourth-order valence-corrected chi connectivity index (χ4v) is 7.95. The molecular weight excluding hydrogens is 585 g/mol. The normalized spacial score (nSPS) is 19.8. The molecule has 1 saturated carbocycles. The highest BCUT2D eigenvalue weighted by molar-refractivity contribution is 8.26. The lowest BCUT2D eigenvalue weighted by Crippen LogP contribution is -2.33. The van der Waals surface area contributed by atoms with Crippen LogP contribution >= 0.6 is 24.0 Å². The predicted octanol–water partition coefficient (Wildman–Crippen LogP) is 8.35. The van der Waals surface area contributed by atoms with Crippen molar-refractivity contribution < 1.29 is 14.7 Å². The van der Waals surface area contributed by atoms with Gasteiger partial charge in [0, 0.05) is 23.3 Å². The van der Waals surface area contributed by atoms with E-state index in [0.29, 0.717) is 16.9 Å². The van der Waals surface area contributed by atoms with Crippen molar-refractivity contribution in [3.8, 4) is 0 Å². The van der Waals surface area contributed by atoms with Crippen LogP contribution in [0.25, 0.3) is 17.7 Å². The summed E-state index contributed by atoms with van der Waals surface area (Å²) in [4.78, 5) is 28.1. The van der Waals surface area contributed by atoms with Gasteiger partial charge in [0.15, 0.2) is 0 Å². The van der Waals surface area contributed by atoms with Gasteiger partial charge < -0.3 is 10.0 Å².